The SMILES string of the molecule is N=C(N)c1ccc(CCC(=O)c2ccc(Cl)cc2)cc1. The van der Waals surface area contributed by atoms with Gasteiger partial charge in [-0.05, 0) is 36.2 Å². The van der Waals surface area contributed by atoms with E-state index < -0.39 is 0 Å². The second kappa shape index (κ2) is 6.35. The molecule has 0 aliphatic heterocycles. The van der Waals surface area contributed by atoms with Crippen LogP contribution in [0, 0.1) is 5.41 Å². The van der Waals surface area contributed by atoms with Gasteiger partial charge in [-0.3, -0.25) is 10.2 Å². The number of amidine groups is 1. The van der Waals surface area contributed by atoms with Gasteiger partial charge in [0.2, 0.25) is 0 Å². The molecule has 0 spiro atoms. The molecular formula is C16H15ClN2O. The van der Waals surface area contributed by atoms with Crippen molar-refractivity contribution in [1.82, 2.24) is 0 Å². The highest BCUT2D eigenvalue weighted by Crippen LogP contribution is 2.13. The van der Waals surface area contributed by atoms with E-state index in [-0.39, 0.29) is 11.6 Å². The summed E-state index contributed by atoms with van der Waals surface area (Å²) in [5, 5.41) is 7.94. The Morgan fingerprint density at radius 1 is 1.00 bits per heavy atom. The maximum Gasteiger partial charge on any atom is 0.163 e. The summed E-state index contributed by atoms with van der Waals surface area (Å²) in [7, 11) is 0. The lowest BCUT2D eigenvalue weighted by atomic mass is 10.0. The number of carbonyl (C=O) groups is 1. The van der Waals surface area contributed by atoms with Crippen LogP contribution < -0.4 is 5.73 Å². The van der Waals surface area contributed by atoms with Crippen LogP contribution in [0.3, 0.4) is 0 Å². The van der Waals surface area contributed by atoms with Crippen LogP contribution in [0.5, 0.6) is 0 Å². The Bertz CT molecular complexity index is 618. The van der Waals surface area contributed by atoms with Gasteiger partial charge < -0.3 is 5.73 Å². The highest BCUT2D eigenvalue weighted by molar-refractivity contribution is 6.30. The summed E-state index contributed by atoms with van der Waals surface area (Å²) in [6.07, 6.45) is 1.11. The molecule has 0 bridgehead atoms. The van der Waals surface area contributed by atoms with Gasteiger partial charge in [0.1, 0.15) is 5.84 Å². The summed E-state index contributed by atoms with van der Waals surface area (Å²) in [6, 6.07) is 14.3. The van der Waals surface area contributed by atoms with Crippen molar-refractivity contribution >= 4 is 23.2 Å². The number of benzene rings is 2. The largest absolute Gasteiger partial charge is 0.384 e. The third-order valence-electron chi connectivity index (χ3n) is 3.07. The van der Waals surface area contributed by atoms with Gasteiger partial charge in [0.15, 0.2) is 5.78 Å². The minimum Gasteiger partial charge on any atom is -0.384 e. The highest BCUT2D eigenvalue weighted by atomic mass is 35.5. The summed E-state index contributed by atoms with van der Waals surface area (Å²) < 4.78 is 0. The molecule has 0 aliphatic carbocycles. The molecule has 0 unspecified atom stereocenters. The summed E-state index contributed by atoms with van der Waals surface area (Å²) >= 11 is 5.79. The van der Waals surface area contributed by atoms with Crippen LogP contribution in [0.15, 0.2) is 48.5 Å². The molecule has 0 aliphatic rings. The second-order valence-corrected chi connectivity index (χ2v) is 4.98. The molecule has 2 aromatic rings. The molecule has 0 fully saturated rings. The molecule has 0 amide bonds. The van der Waals surface area contributed by atoms with Gasteiger partial charge in [0.05, 0.1) is 0 Å². The van der Waals surface area contributed by atoms with Crippen LogP contribution in [0.1, 0.15) is 27.9 Å². The number of ketones is 1. The number of nitrogens with one attached hydrogen (secondary N) is 1. The number of carbonyl (C=O) groups excluding carboxylic acids is 1. The van der Waals surface area contributed by atoms with Gasteiger partial charge in [-0.15, -0.1) is 0 Å². The van der Waals surface area contributed by atoms with Crippen molar-refractivity contribution in [2.24, 2.45) is 5.73 Å². The van der Waals surface area contributed by atoms with E-state index in [1.165, 1.54) is 0 Å². The minimum atomic E-state index is 0.0498. The van der Waals surface area contributed by atoms with E-state index >= 15 is 0 Å². The van der Waals surface area contributed by atoms with Crippen molar-refractivity contribution in [3.8, 4) is 0 Å². The van der Waals surface area contributed by atoms with Crippen molar-refractivity contribution in [2.75, 3.05) is 0 Å². The molecule has 2 aromatic carbocycles. The highest BCUT2D eigenvalue weighted by Gasteiger charge is 2.06. The summed E-state index contributed by atoms with van der Waals surface area (Å²) in [5.74, 6) is 0.145. The van der Waals surface area contributed by atoms with E-state index in [9.17, 15) is 4.79 Å². The molecule has 3 nitrogen and oxygen atoms in total. The first-order valence-corrected chi connectivity index (χ1v) is 6.66. The number of nitrogen functional groups attached to an aromatic ring is 1. The average molecular weight is 287 g/mol. The maximum atomic E-state index is 12.0. The second-order valence-electron chi connectivity index (χ2n) is 4.54. The number of hydrogen-bond acceptors (Lipinski definition) is 2. The molecule has 20 heavy (non-hydrogen) atoms. The molecule has 0 atom stereocenters. The molecule has 0 aromatic heterocycles. The fraction of sp³-hybridized carbons (Fsp3) is 0.125. The first kappa shape index (κ1) is 14.3. The van der Waals surface area contributed by atoms with Crippen LogP contribution in [-0.2, 0) is 6.42 Å². The number of hydrogen-bond donors (Lipinski definition) is 2. The molecular weight excluding hydrogens is 272 g/mol. The van der Waals surface area contributed by atoms with Crippen molar-refractivity contribution in [3.63, 3.8) is 0 Å². The van der Waals surface area contributed by atoms with Gasteiger partial charge in [-0.2, -0.15) is 0 Å². The zero-order chi connectivity index (χ0) is 14.5. The number of halogens is 1. The van der Waals surface area contributed by atoms with Crippen LogP contribution in [0.25, 0.3) is 0 Å². The molecule has 2 rings (SSSR count). The zero-order valence-corrected chi connectivity index (χ0v) is 11.7. The molecule has 4 heteroatoms. The van der Waals surface area contributed by atoms with E-state index in [0.717, 1.165) is 5.56 Å². The summed E-state index contributed by atoms with van der Waals surface area (Å²) in [6.45, 7) is 0. The maximum absolute atomic E-state index is 12.0. The summed E-state index contributed by atoms with van der Waals surface area (Å²) in [5.41, 5.74) is 7.81. The Labute approximate surface area is 122 Å². The molecule has 102 valence electrons. The molecule has 0 radical (unpaired) electrons. The van der Waals surface area contributed by atoms with Crippen molar-refractivity contribution in [1.29, 1.82) is 5.41 Å². The van der Waals surface area contributed by atoms with Gasteiger partial charge in [0.25, 0.3) is 0 Å². The lowest BCUT2D eigenvalue weighted by Crippen LogP contribution is -2.10. The Hall–Kier alpha value is -2.13. The van der Waals surface area contributed by atoms with E-state index in [0.29, 0.717) is 29.0 Å². The van der Waals surface area contributed by atoms with Crippen LogP contribution in [0.4, 0.5) is 0 Å². The average Bonchev–Trinajstić information content (AvgIpc) is 2.46. The monoisotopic (exact) mass is 286 g/mol. The number of Topliss-reactive ketones (excluding diaryl/α,β-unsaturated/α-hetero) is 1. The molecule has 0 heterocycles. The van der Waals surface area contributed by atoms with Gasteiger partial charge >= 0.3 is 0 Å². The third kappa shape index (κ3) is 3.68. The van der Waals surface area contributed by atoms with E-state index in [1.807, 2.05) is 12.1 Å². The third-order valence-corrected chi connectivity index (χ3v) is 3.32. The van der Waals surface area contributed by atoms with Gasteiger partial charge in [-0.25, -0.2) is 0 Å². The predicted octanol–water partition coefficient (Wildman–Crippen LogP) is 3.44. The Kier molecular flexibility index (Phi) is 4.53. The Morgan fingerprint density at radius 3 is 2.10 bits per heavy atom. The first-order chi connectivity index (χ1) is 9.56. The smallest absolute Gasteiger partial charge is 0.163 e. The van der Waals surface area contributed by atoms with Gasteiger partial charge in [-0.1, -0.05) is 35.9 Å². The molecule has 0 saturated heterocycles. The van der Waals surface area contributed by atoms with E-state index in [2.05, 4.69) is 0 Å². The predicted molar refractivity (Wildman–Crippen MR) is 81.6 cm³/mol. The number of nitrogens with two attached hydrogens (primary N) is 1. The number of aryl methyl sites for hydroxylation is 1. The number of rotatable bonds is 5. The lowest BCUT2D eigenvalue weighted by Gasteiger charge is -2.04. The minimum absolute atomic E-state index is 0.0498. The van der Waals surface area contributed by atoms with Crippen molar-refractivity contribution < 1.29 is 4.79 Å². The van der Waals surface area contributed by atoms with Crippen LogP contribution in [0.2, 0.25) is 5.02 Å². The zero-order valence-electron chi connectivity index (χ0n) is 10.9. The quantitative estimate of drug-likeness (QED) is 0.502. The standard InChI is InChI=1S/C16H15ClN2O/c17-14-8-6-12(7-9-14)15(20)10-3-11-1-4-13(5-2-11)16(18)19/h1-2,4-9H,3,10H2,(H3,18,19). The lowest BCUT2D eigenvalue weighted by molar-refractivity contribution is 0.0983. The first-order valence-electron chi connectivity index (χ1n) is 6.28. The fourth-order valence-electron chi connectivity index (χ4n) is 1.89. The Morgan fingerprint density at radius 2 is 1.55 bits per heavy atom. The van der Waals surface area contributed by atoms with Crippen molar-refractivity contribution in [3.05, 3.63) is 70.2 Å². The molecule has 3 N–H and O–H groups in total. The Balaban J connectivity index is 1.96. The van der Waals surface area contributed by atoms with E-state index in [4.69, 9.17) is 22.7 Å². The summed E-state index contributed by atoms with van der Waals surface area (Å²) in [4.78, 5) is 12.0. The van der Waals surface area contributed by atoms with Gasteiger partial charge in [0, 0.05) is 22.6 Å². The fourth-order valence-corrected chi connectivity index (χ4v) is 2.01. The topological polar surface area (TPSA) is 66.9 Å². The normalized spacial score (nSPS) is 10.2. The van der Waals surface area contributed by atoms with Crippen LogP contribution in [-0.4, -0.2) is 11.6 Å². The van der Waals surface area contributed by atoms with Crippen LogP contribution >= 0.6 is 11.6 Å². The van der Waals surface area contributed by atoms with Crippen molar-refractivity contribution in [2.45, 2.75) is 12.8 Å². The van der Waals surface area contributed by atoms with E-state index in [1.54, 1.807) is 36.4 Å². The molecule has 0 saturated carbocycles.